The van der Waals surface area contributed by atoms with Gasteiger partial charge < -0.3 is 45.1 Å². The zero-order chi connectivity index (χ0) is 35.2. The number of nitrogens with one attached hydrogen (secondary N) is 3. The summed E-state index contributed by atoms with van der Waals surface area (Å²) >= 11 is 0. The van der Waals surface area contributed by atoms with Crippen molar-refractivity contribution in [1.82, 2.24) is 20.9 Å². The third-order valence-electron chi connectivity index (χ3n) is 7.50. The lowest BCUT2D eigenvalue weighted by Crippen LogP contribution is -2.53. The summed E-state index contributed by atoms with van der Waals surface area (Å²) in [4.78, 5) is 27.6. The molecule has 12 nitrogen and oxygen atoms in total. The number of carbonyl (C=O) groups is 2. The van der Waals surface area contributed by atoms with Gasteiger partial charge in [-0.15, -0.1) is 0 Å². The summed E-state index contributed by atoms with van der Waals surface area (Å²) < 4.78 is 22.2. The number of hydrogen-bond acceptors (Lipinski definition) is 10. The van der Waals surface area contributed by atoms with Crippen molar-refractivity contribution in [2.45, 2.75) is 89.9 Å². The van der Waals surface area contributed by atoms with Crippen LogP contribution in [0.4, 0.5) is 9.59 Å². The average Bonchev–Trinajstić information content (AvgIpc) is 3.00. The number of carbonyl (C=O) groups excluding carboxylic acids is 2. The van der Waals surface area contributed by atoms with Gasteiger partial charge in [-0.25, -0.2) is 9.59 Å². The predicted octanol–water partition coefficient (Wildman–Crippen LogP) is 3.28. The van der Waals surface area contributed by atoms with Crippen LogP contribution in [-0.4, -0.2) is 115 Å². The minimum absolute atomic E-state index is 0.0603. The molecule has 1 aliphatic rings. The van der Waals surface area contributed by atoms with E-state index in [4.69, 9.17) is 18.9 Å². The number of hydrogen-bond donors (Lipinski definition) is 5. The second-order valence-corrected chi connectivity index (χ2v) is 14.1. The van der Waals surface area contributed by atoms with Gasteiger partial charge in [-0.1, -0.05) is 42.5 Å². The van der Waals surface area contributed by atoms with Crippen molar-refractivity contribution in [2.75, 3.05) is 52.5 Å². The van der Waals surface area contributed by atoms with Crippen molar-refractivity contribution in [3.8, 4) is 5.75 Å². The Morgan fingerprint density at radius 1 is 0.771 bits per heavy atom. The number of aliphatic hydroxyl groups is 2. The van der Waals surface area contributed by atoms with E-state index >= 15 is 0 Å². The van der Waals surface area contributed by atoms with E-state index in [0.717, 1.165) is 49.7 Å². The van der Waals surface area contributed by atoms with Gasteiger partial charge in [0.05, 0.1) is 37.5 Å². The summed E-state index contributed by atoms with van der Waals surface area (Å²) in [6, 6.07) is 15.8. The van der Waals surface area contributed by atoms with Crippen LogP contribution in [0.3, 0.4) is 0 Å². The maximum absolute atomic E-state index is 12.7. The van der Waals surface area contributed by atoms with Crippen LogP contribution in [-0.2, 0) is 27.1 Å². The molecule has 2 amide bonds. The fraction of sp³-hybridized carbons (Fsp3) is 0.611. The van der Waals surface area contributed by atoms with Crippen molar-refractivity contribution < 1.29 is 38.7 Å². The molecule has 1 heterocycles. The van der Waals surface area contributed by atoms with E-state index < -0.39 is 47.7 Å². The van der Waals surface area contributed by atoms with E-state index in [0.29, 0.717) is 19.4 Å². The minimum atomic E-state index is -1.03. The summed E-state index contributed by atoms with van der Waals surface area (Å²) in [5.41, 5.74) is 0.422. The van der Waals surface area contributed by atoms with Crippen LogP contribution in [0.5, 0.6) is 5.75 Å². The van der Waals surface area contributed by atoms with Gasteiger partial charge in [0.15, 0.2) is 0 Å². The molecule has 1 saturated heterocycles. The van der Waals surface area contributed by atoms with Crippen molar-refractivity contribution >= 4 is 12.2 Å². The summed E-state index contributed by atoms with van der Waals surface area (Å²) in [5.74, 6) is 0.741. The van der Waals surface area contributed by atoms with E-state index in [9.17, 15) is 19.8 Å². The second kappa shape index (κ2) is 18.9. The third kappa shape index (κ3) is 15.7. The zero-order valence-electron chi connectivity index (χ0n) is 29.4. The van der Waals surface area contributed by atoms with Crippen LogP contribution in [0.2, 0.25) is 0 Å². The number of rotatable bonds is 16. The first-order valence-electron chi connectivity index (χ1n) is 16.8. The van der Waals surface area contributed by atoms with Gasteiger partial charge in [0, 0.05) is 32.7 Å². The number of aliphatic hydroxyl groups excluding tert-OH is 2. The molecule has 4 atom stereocenters. The lowest BCUT2D eigenvalue weighted by atomic mass is 10.00. The molecule has 0 bridgehead atoms. The van der Waals surface area contributed by atoms with Crippen LogP contribution >= 0.6 is 0 Å². The highest BCUT2D eigenvalue weighted by Gasteiger charge is 2.28. The molecule has 0 spiro atoms. The molecule has 0 saturated carbocycles. The Hall–Kier alpha value is -3.42. The Morgan fingerprint density at radius 3 is 1.73 bits per heavy atom. The number of morpholine rings is 1. The monoisotopic (exact) mass is 672 g/mol. The van der Waals surface area contributed by atoms with Crippen molar-refractivity contribution in [2.24, 2.45) is 0 Å². The molecule has 1 aliphatic heterocycles. The normalized spacial score (nSPS) is 16.7. The lowest BCUT2D eigenvalue weighted by molar-refractivity contribution is 0.0322. The van der Waals surface area contributed by atoms with Crippen LogP contribution in [0.15, 0.2) is 54.6 Å². The Balaban J connectivity index is 1.59. The van der Waals surface area contributed by atoms with E-state index in [1.807, 2.05) is 54.6 Å². The number of nitrogens with zero attached hydrogens (tertiary/aromatic N) is 1. The van der Waals surface area contributed by atoms with Gasteiger partial charge in [0.2, 0.25) is 0 Å². The van der Waals surface area contributed by atoms with Gasteiger partial charge in [0.25, 0.3) is 0 Å². The first kappa shape index (κ1) is 39.0. The number of amides is 2. The van der Waals surface area contributed by atoms with Crippen LogP contribution in [0, 0.1) is 0 Å². The highest BCUT2D eigenvalue weighted by atomic mass is 16.6. The molecule has 48 heavy (non-hydrogen) atoms. The Labute approximate surface area is 285 Å². The van der Waals surface area contributed by atoms with E-state index in [1.165, 1.54) is 0 Å². The van der Waals surface area contributed by atoms with Gasteiger partial charge in [0.1, 0.15) is 23.6 Å². The van der Waals surface area contributed by atoms with Crippen molar-refractivity contribution in [1.29, 1.82) is 0 Å². The molecule has 3 rings (SSSR count). The predicted molar refractivity (Wildman–Crippen MR) is 184 cm³/mol. The molecule has 268 valence electrons. The first-order chi connectivity index (χ1) is 22.7. The fourth-order valence-corrected chi connectivity index (χ4v) is 5.11. The number of alkyl carbamates (subject to hydrolysis) is 2. The molecule has 5 N–H and O–H groups in total. The number of ether oxygens (including phenoxy) is 4. The second-order valence-electron chi connectivity index (χ2n) is 14.1. The Kier molecular flexibility index (Phi) is 15.4. The molecule has 0 aromatic heterocycles. The fourth-order valence-electron chi connectivity index (χ4n) is 5.11. The molecule has 1 fully saturated rings. The quantitative estimate of drug-likeness (QED) is 0.180. The largest absolute Gasteiger partial charge is 0.492 e. The lowest BCUT2D eigenvalue weighted by Gasteiger charge is -2.29. The molecule has 12 heteroatoms. The van der Waals surface area contributed by atoms with Crippen molar-refractivity contribution in [3.63, 3.8) is 0 Å². The topological polar surface area (TPSA) is 151 Å². The highest BCUT2D eigenvalue weighted by Crippen LogP contribution is 2.16. The van der Waals surface area contributed by atoms with Crippen LogP contribution in [0.25, 0.3) is 0 Å². The summed E-state index contributed by atoms with van der Waals surface area (Å²) in [7, 11) is 0. The van der Waals surface area contributed by atoms with Crippen LogP contribution in [0.1, 0.15) is 52.7 Å². The SMILES string of the molecule is CC(C)(C)OC(=O)NC(Cc1ccccc1)C(O)CNCC(O)C(Cc1ccc(OCCN2CCOCC2)cc1)NC(=O)OC(C)(C)C. The van der Waals surface area contributed by atoms with Crippen molar-refractivity contribution in [3.05, 3.63) is 65.7 Å². The summed E-state index contributed by atoms with van der Waals surface area (Å²) in [5, 5.41) is 31.1. The molecular formula is C36H56N4O8. The minimum Gasteiger partial charge on any atom is -0.492 e. The molecule has 2 aromatic carbocycles. The van der Waals surface area contributed by atoms with Gasteiger partial charge in [-0.05, 0) is 77.6 Å². The average molecular weight is 673 g/mol. The number of benzene rings is 2. The van der Waals surface area contributed by atoms with Crippen LogP contribution < -0.4 is 20.7 Å². The van der Waals surface area contributed by atoms with Gasteiger partial charge >= 0.3 is 12.2 Å². The standard InChI is InChI=1S/C36H56N4O8/c1-35(2,3)47-33(43)38-29(22-26-10-8-7-9-11-26)31(41)24-37-25-32(42)30(39-34(44)48-36(4,5)6)23-27-12-14-28(15-13-27)46-21-18-40-16-19-45-20-17-40/h7-15,29-32,37,41-42H,16-25H2,1-6H3,(H,38,43)(H,39,44). The molecule has 0 radical (unpaired) electrons. The maximum atomic E-state index is 12.7. The van der Waals surface area contributed by atoms with Gasteiger partial charge in [-0.3, -0.25) is 4.90 Å². The molecule has 0 aliphatic carbocycles. The zero-order valence-corrected chi connectivity index (χ0v) is 29.4. The van der Waals surface area contributed by atoms with E-state index in [1.54, 1.807) is 41.5 Å². The summed E-state index contributed by atoms with van der Waals surface area (Å²) in [6.07, 6.45) is -2.59. The molecule has 4 unspecified atom stereocenters. The first-order valence-corrected chi connectivity index (χ1v) is 16.8. The summed E-state index contributed by atoms with van der Waals surface area (Å²) in [6.45, 7) is 15.5. The maximum Gasteiger partial charge on any atom is 0.407 e. The van der Waals surface area contributed by atoms with E-state index in [2.05, 4.69) is 20.9 Å². The Morgan fingerprint density at radius 2 is 1.25 bits per heavy atom. The third-order valence-corrected chi connectivity index (χ3v) is 7.50. The molecular weight excluding hydrogens is 616 g/mol. The van der Waals surface area contributed by atoms with E-state index in [-0.39, 0.29) is 13.1 Å². The molecule has 2 aromatic rings. The smallest absolute Gasteiger partial charge is 0.407 e. The van der Waals surface area contributed by atoms with Gasteiger partial charge in [-0.2, -0.15) is 0 Å². The highest BCUT2D eigenvalue weighted by molar-refractivity contribution is 5.68. The Bertz CT molecular complexity index is 1230.